The Morgan fingerprint density at radius 2 is 1.74 bits per heavy atom. The molecule has 0 atom stereocenters. The molecule has 4 rings (SSSR count). The van der Waals surface area contributed by atoms with Crippen LogP contribution in [0.2, 0.25) is 0 Å². The Labute approximate surface area is 237 Å². The van der Waals surface area contributed by atoms with Crippen molar-refractivity contribution in [2.45, 2.75) is 44.3 Å². The fourth-order valence-electron chi connectivity index (χ4n) is 4.49. The first-order valence-corrected chi connectivity index (χ1v) is 12.5. The van der Waals surface area contributed by atoms with Crippen LogP contribution in [0.25, 0.3) is 22.4 Å². The molecular weight excluding hydrogens is 562 g/mol. The molecular formula is C28H27F4N5O5. The number of alkyl halides is 2. The van der Waals surface area contributed by atoms with Crippen LogP contribution in [0, 0.1) is 27.9 Å². The largest absolute Gasteiger partial charge is 0.478 e. The van der Waals surface area contributed by atoms with Gasteiger partial charge in [0.05, 0.1) is 16.8 Å². The van der Waals surface area contributed by atoms with E-state index in [1.165, 1.54) is 23.5 Å². The Morgan fingerprint density at radius 3 is 2.24 bits per heavy atom. The lowest BCUT2D eigenvalue weighted by atomic mass is 9.89. The number of carbonyl (C=O) groups is 1. The summed E-state index contributed by atoms with van der Waals surface area (Å²) in [5.41, 5.74) is 1.38. The third-order valence-corrected chi connectivity index (χ3v) is 6.83. The van der Waals surface area contributed by atoms with Crippen molar-refractivity contribution in [1.82, 2.24) is 4.98 Å². The summed E-state index contributed by atoms with van der Waals surface area (Å²) in [7, 11) is 0. The number of aromatic carboxylic acids is 1. The number of aromatic nitrogens is 1. The third kappa shape index (κ3) is 6.48. The van der Waals surface area contributed by atoms with Crippen molar-refractivity contribution >= 4 is 11.8 Å². The predicted molar refractivity (Wildman–Crippen MR) is 144 cm³/mol. The van der Waals surface area contributed by atoms with Gasteiger partial charge in [-0.05, 0) is 51.0 Å². The number of halogens is 4. The number of hydrogen-bond donors (Lipinski definition) is 4. The molecule has 2 aromatic carbocycles. The molecule has 1 aliphatic heterocycles. The van der Waals surface area contributed by atoms with Crippen LogP contribution in [0.15, 0.2) is 47.8 Å². The van der Waals surface area contributed by atoms with Gasteiger partial charge in [-0.25, -0.2) is 18.6 Å². The summed E-state index contributed by atoms with van der Waals surface area (Å²) in [6.07, 6.45) is 1.25. The zero-order valence-electron chi connectivity index (χ0n) is 22.5. The quantitative estimate of drug-likeness (QED) is 0.171. The van der Waals surface area contributed by atoms with E-state index in [2.05, 4.69) is 4.98 Å². The number of nitrogens with zero attached hydrogens (tertiary/aromatic N) is 4. The molecule has 0 radical (unpaired) electrons. The Kier molecular flexibility index (Phi) is 9.50. The number of pyridine rings is 1. The summed E-state index contributed by atoms with van der Waals surface area (Å²) in [5, 5.41) is 37.0. The van der Waals surface area contributed by atoms with Gasteiger partial charge in [0.1, 0.15) is 29.1 Å². The van der Waals surface area contributed by atoms with Gasteiger partial charge >= 0.3 is 11.9 Å². The maximum absolute atomic E-state index is 15.5. The van der Waals surface area contributed by atoms with Gasteiger partial charge in [-0.15, -0.1) is 4.91 Å². The highest BCUT2D eigenvalue weighted by atomic mass is 19.3. The summed E-state index contributed by atoms with van der Waals surface area (Å²) in [5.74, 6) is -7.10. The Morgan fingerprint density at radius 1 is 1.12 bits per heavy atom. The maximum atomic E-state index is 15.5. The summed E-state index contributed by atoms with van der Waals surface area (Å²) >= 11 is 0. The van der Waals surface area contributed by atoms with E-state index in [-0.39, 0.29) is 45.4 Å². The van der Waals surface area contributed by atoms with E-state index in [9.17, 15) is 28.2 Å². The monoisotopic (exact) mass is 589 g/mol. The molecule has 0 aliphatic carbocycles. The number of carboxylic acids is 1. The van der Waals surface area contributed by atoms with Gasteiger partial charge in [0.25, 0.3) is 0 Å². The van der Waals surface area contributed by atoms with Crippen molar-refractivity contribution in [3.8, 4) is 28.5 Å². The van der Waals surface area contributed by atoms with E-state index in [1.54, 1.807) is 6.07 Å². The van der Waals surface area contributed by atoms with Crippen molar-refractivity contribution in [2.75, 3.05) is 18.0 Å². The van der Waals surface area contributed by atoms with E-state index >= 15 is 4.39 Å². The molecule has 1 saturated heterocycles. The van der Waals surface area contributed by atoms with Crippen molar-refractivity contribution in [3.63, 3.8) is 0 Å². The van der Waals surface area contributed by atoms with Crippen LogP contribution in [0.4, 0.5) is 23.4 Å². The fourth-order valence-corrected chi connectivity index (χ4v) is 4.49. The average molecular weight is 590 g/mol. The topological polar surface area (TPSA) is 173 Å². The molecule has 0 saturated carbocycles. The highest BCUT2D eigenvalue weighted by Crippen LogP contribution is 2.42. The van der Waals surface area contributed by atoms with Gasteiger partial charge in [-0.3, -0.25) is 0 Å². The number of piperidine rings is 1. The molecule has 1 aliphatic rings. The molecule has 0 bridgehead atoms. The zero-order chi connectivity index (χ0) is 31.4. The second-order valence-electron chi connectivity index (χ2n) is 10.1. The van der Waals surface area contributed by atoms with Crippen LogP contribution in [-0.2, 0) is 5.92 Å². The van der Waals surface area contributed by atoms with Gasteiger partial charge in [0.2, 0.25) is 0 Å². The number of rotatable bonds is 6. The molecule has 0 amide bonds. The maximum Gasteiger partial charge on any atom is 0.336 e. The number of anilines is 1. The molecule has 1 aromatic heterocycles. The normalized spacial score (nSPS) is 14.0. The van der Waals surface area contributed by atoms with E-state index in [0.29, 0.717) is 32.0 Å². The summed E-state index contributed by atoms with van der Waals surface area (Å²) < 4.78 is 59.6. The van der Waals surface area contributed by atoms with Crippen molar-refractivity contribution in [3.05, 3.63) is 75.7 Å². The van der Waals surface area contributed by atoms with E-state index in [1.807, 2.05) is 4.90 Å². The Bertz CT molecular complexity index is 1530. The molecule has 42 heavy (non-hydrogen) atoms. The van der Waals surface area contributed by atoms with E-state index in [0.717, 1.165) is 32.0 Å². The van der Waals surface area contributed by atoms with Gasteiger partial charge < -0.3 is 26.1 Å². The van der Waals surface area contributed by atoms with Gasteiger partial charge in [0.15, 0.2) is 5.34 Å². The lowest BCUT2D eigenvalue weighted by molar-refractivity contribution is -0.168. The molecule has 222 valence electrons. The minimum absolute atomic E-state index is 0.0267. The fraction of sp³-hybridized carbons (Fsp3) is 0.321. The van der Waals surface area contributed by atoms with E-state index < -0.39 is 34.7 Å². The Balaban J connectivity index is 0.00000155. The molecule has 14 heteroatoms. The van der Waals surface area contributed by atoms with Crippen molar-refractivity contribution < 1.29 is 37.8 Å². The third-order valence-electron chi connectivity index (χ3n) is 6.83. The second-order valence-corrected chi connectivity index (χ2v) is 10.1. The number of nitrogens with two attached hydrogens (primary N) is 1. The first-order valence-electron chi connectivity index (χ1n) is 12.5. The lowest BCUT2D eigenvalue weighted by Crippen LogP contribution is -2.40. The lowest BCUT2D eigenvalue weighted by Gasteiger charge is -2.32. The molecule has 0 unspecified atom stereocenters. The van der Waals surface area contributed by atoms with Crippen LogP contribution in [0.5, 0.6) is 0 Å². The minimum atomic E-state index is -3.82. The SMILES string of the molecule is CC(C)(O)C(F)(F)c1ccc(-c2c(C(=O)O)cc(N3CCC(N)CC3)nc2-c2ccc(C#N)c(F)c2)c(F)c1.O=NO. The number of nitriles is 1. The molecule has 5 N–H and O–H groups in total. The first kappa shape index (κ1) is 31.9. The van der Waals surface area contributed by atoms with Crippen LogP contribution >= 0.6 is 0 Å². The van der Waals surface area contributed by atoms with E-state index in [4.69, 9.17) is 21.1 Å². The summed E-state index contributed by atoms with van der Waals surface area (Å²) in [6, 6.07) is 8.86. The van der Waals surface area contributed by atoms with Crippen LogP contribution in [-0.4, -0.2) is 51.1 Å². The van der Waals surface area contributed by atoms with Crippen LogP contribution in [0.1, 0.15) is 48.2 Å². The number of carboxylic acid groups (broad SMARTS) is 1. The van der Waals surface area contributed by atoms with Crippen LogP contribution < -0.4 is 10.6 Å². The number of hydrogen-bond acceptors (Lipinski definition) is 8. The van der Waals surface area contributed by atoms with Gasteiger partial charge in [0, 0.05) is 41.4 Å². The highest BCUT2D eigenvalue weighted by molar-refractivity contribution is 6.01. The zero-order valence-corrected chi connectivity index (χ0v) is 22.5. The average Bonchev–Trinajstić information content (AvgIpc) is 2.92. The first-order chi connectivity index (χ1) is 19.7. The van der Waals surface area contributed by atoms with Gasteiger partial charge in [-0.1, -0.05) is 18.2 Å². The number of aliphatic hydroxyl groups is 1. The second kappa shape index (κ2) is 12.5. The predicted octanol–water partition coefficient (Wildman–Crippen LogP) is 5.20. The van der Waals surface area contributed by atoms with Crippen molar-refractivity contribution in [1.29, 1.82) is 5.26 Å². The minimum Gasteiger partial charge on any atom is -0.478 e. The van der Waals surface area contributed by atoms with Crippen LogP contribution in [0.3, 0.4) is 0 Å². The molecule has 2 heterocycles. The molecule has 0 spiro atoms. The molecule has 10 nitrogen and oxygen atoms in total. The summed E-state index contributed by atoms with van der Waals surface area (Å²) in [4.78, 5) is 26.9. The standard InChI is InChI=1S/C28H26F4N4O3.HNO2/c1-27(2,39)28(31,32)17-5-6-19(22(30)12-17)24-20(26(37)38)13-23(36-9-7-18(34)8-10-36)35-25(24)15-3-4-16(14-33)21(29)11-15;2-1-3/h3-6,11-13,18,39H,7-10,34H2,1-2H3,(H,37,38);(H,2,3). The smallest absolute Gasteiger partial charge is 0.336 e. The molecule has 1 fully saturated rings. The van der Waals surface area contributed by atoms with Crippen molar-refractivity contribution in [2.24, 2.45) is 11.1 Å². The number of benzene rings is 2. The van der Waals surface area contributed by atoms with Gasteiger partial charge in [-0.2, -0.15) is 14.0 Å². The highest BCUT2D eigenvalue weighted by Gasteiger charge is 2.47. The Hall–Kier alpha value is -4.61. The molecule has 3 aromatic rings. The summed E-state index contributed by atoms with van der Waals surface area (Å²) in [6.45, 7) is 2.72.